The fraction of sp³-hybridized carbons (Fsp3) is 0.333. The van der Waals surface area contributed by atoms with Gasteiger partial charge in [-0.3, -0.25) is 0 Å². The van der Waals surface area contributed by atoms with Gasteiger partial charge in [0, 0.05) is 6.54 Å². The van der Waals surface area contributed by atoms with Crippen LogP contribution in [0.3, 0.4) is 0 Å². The van der Waals surface area contributed by atoms with E-state index in [1.165, 1.54) is 12.1 Å². The summed E-state index contributed by atoms with van der Waals surface area (Å²) < 4.78 is 49.6. The molecule has 0 amide bonds. The third-order valence-electron chi connectivity index (χ3n) is 1.99. The highest BCUT2D eigenvalue weighted by molar-refractivity contribution is 5.42. The van der Waals surface area contributed by atoms with Gasteiger partial charge in [-0.05, 0) is 12.1 Å². The summed E-state index contributed by atoms with van der Waals surface area (Å²) in [4.78, 5) is 3.88. The molecule has 0 saturated heterocycles. The molecule has 0 aliphatic rings. The summed E-state index contributed by atoms with van der Waals surface area (Å²) in [6, 6.07) is 2.58. The third kappa shape index (κ3) is 3.05. The van der Waals surface area contributed by atoms with Gasteiger partial charge < -0.3 is 5.32 Å². The molecule has 2 rings (SSSR count). The van der Waals surface area contributed by atoms with Crippen molar-refractivity contribution in [1.82, 2.24) is 14.6 Å². The van der Waals surface area contributed by atoms with Crippen LogP contribution >= 0.6 is 0 Å². The minimum atomic E-state index is -4.22. The van der Waals surface area contributed by atoms with Crippen molar-refractivity contribution in [2.24, 2.45) is 0 Å². The monoisotopic (exact) mass is 248 g/mol. The van der Waals surface area contributed by atoms with E-state index in [1.54, 1.807) is 0 Å². The number of pyridine rings is 1. The lowest BCUT2D eigenvalue weighted by Gasteiger charge is -2.05. The maximum Gasteiger partial charge on any atom is 0.390 e. The summed E-state index contributed by atoms with van der Waals surface area (Å²) >= 11 is 0. The first kappa shape index (κ1) is 11.6. The van der Waals surface area contributed by atoms with Crippen LogP contribution in [-0.4, -0.2) is 27.3 Å². The van der Waals surface area contributed by atoms with Gasteiger partial charge in [-0.25, -0.2) is 8.91 Å². The maximum atomic E-state index is 12.8. The highest BCUT2D eigenvalue weighted by atomic mass is 19.4. The Morgan fingerprint density at radius 1 is 1.29 bits per heavy atom. The van der Waals surface area contributed by atoms with E-state index in [4.69, 9.17) is 0 Å². The Bertz CT molecular complexity index is 519. The highest BCUT2D eigenvalue weighted by Crippen LogP contribution is 2.19. The van der Waals surface area contributed by atoms with E-state index in [0.717, 1.165) is 10.7 Å². The summed E-state index contributed by atoms with van der Waals surface area (Å²) in [6.07, 6.45) is -4.10. The van der Waals surface area contributed by atoms with Gasteiger partial charge in [0.1, 0.15) is 5.82 Å². The molecule has 2 heterocycles. The molecule has 0 aromatic carbocycles. The van der Waals surface area contributed by atoms with E-state index in [-0.39, 0.29) is 12.5 Å². The molecule has 92 valence electrons. The molecule has 0 aliphatic heterocycles. The van der Waals surface area contributed by atoms with Crippen molar-refractivity contribution >= 4 is 11.6 Å². The molecule has 0 radical (unpaired) electrons. The van der Waals surface area contributed by atoms with Gasteiger partial charge in [0.15, 0.2) is 5.65 Å². The summed E-state index contributed by atoms with van der Waals surface area (Å²) in [6.45, 7) is -0.317. The molecule has 0 atom stereocenters. The van der Waals surface area contributed by atoms with Crippen molar-refractivity contribution in [3.63, 3.8) is 0 Å². The SMILES string of the molecule is Fc1ccc2nc(NCCC(F)(F)F)nn2c1. The minimum Gasteiger partial charge on any atom is -0.353 e. The lowest BCUT2D eigenvalue weighted by molar-refractivity contribution is -0.131. The number of fused-ring (bicyclic) bond motifs is 1. The van der Waals surface area contributed by atoms with Crippen LogP contribution in [0.1, 0.15) is 6.42 Å². The number of anilines is 1. The first-order chi connectivity index (χ1) is 7.94. The fourth-order valence-corrected chi connectivity index (χ4v) is 1.25. The molecule has 2 aromatic rings. The molecular formula is C9H8F4N4. The molecule has 0 fully saturated rings. The molecule has 8 heteroatoms. The number of hydrogen-bond donors (Lipinski definition) is 1. The second-order valence-electron chi connectivity index (χ2n) is 3.38. The van der Waals surface area contributed by atoms with Crippen molar-refractivity contribution < 1.29 is 17.6 Å². The van der Waals surface area contributed by atoms with E-state index in [9.17, 15) is 17.6 Å². The zero-order valence-electron chi connectivity index (χ0n) is 8.50. The molecule has 0 saturated carbocycles. The Morgan fingerprint density at radius 3 is 2.76 bits per heavy atom. The fourth-order valence-electron chi connectivity index (χ4n) is 1.25. The normalized spacial score (nSPS) is 12.0. The zero-order valence-corrected chi connectivity index (χ0v) is 8.50. The van der Waals surface area contributed by atoms with Crippen molar-refractivity contribution in [3.05, 3.63) is 24.1 Å². The van der Waals surface area contributed by atoms with Crippen molar-refractivity contribution in [2.75, 3.05) is 11.9 Å². The highest BCUT2D eigenvalue weighted by Gasteiger charge is 2.26. The number of halogens is 4. The van der Waals surface area contributed by atoms with Crippen LogP contribution < -0.4 is 5.32 Å². The largest absolute Gasteiger partial charge is 0.390 e. The second-order valence-corrected chi connectivity index (χ2v) is 3.38. The van der Waals surface area contributed by atoms with Crippen LogP contribution in [0.25, 0.3) is 5.65 Å². The Morgan fingerprint density at radius 2 is 2.06 bits per heavy atom. The molecule has 17 heavy (non-hydrogen) atoms. The summed E-state index contributed by atoms with van der Waals surface area (Å²) in [5.41, 5.74) is 0.362. The van der Waals surface area contributed by atoms with Crippen molar-refractivity contribution in [1.29, 1.82) is 0 Å². The van der Waals surface area contributed by atoms with Crippen LogP contribution in [0, 0.1) is 5.82 Å². The van der Waals surface area contributed by atoms with Gasteiger partial charge in [0.05, 0.1) is 12.6 Å². The third-order valence-corrected chi connectivity index (χ3v) is 1.99. The Kier molecular flexibility index (Phi) is 2.86. The number of nitrogens with zero attached hydrogens (tertiary/aromatic N) is 3. The summed E-state index contributed by atoms with van der Waals surface area (Å²) in [7, 11) is 0. The van der Waals surface area contributed by atoms with Gasteiger partial charge in [0.25, 0.3) is 0 Å². The van der Waals surface area contributed by atoms with Crippen molar-refractivity contribution in [3.8, 4) is 0 Å². The molecular weight excluding hydrogens is 240 g/mol. The first-order valence-corrected chi connectivity index (χ1v) is 4.77. The van der Waals surface area contributed by atoms with E-state index in [0.29, 0.717) is 5.65 Å². The molecule has 0 unspecified atom stereocenters. The Balaban J connectivity index is 2.05. The number of nitrogens with one attached hydrogen (secondary N) is 1. The first-order valence-electron chi connectivity index (χ1n) is 4.77. The van der Waals surface area contributed by atoms with Gasteiger partial charge in [0.2, 0.25) is 5.95 Å². The minimum absolute atomic E-state index is 0.0415. The van der Waals surface area contributed by atoms with Gasteiger partial charge in [-0.15, -0.1) is 5.10 Å². The van der Waals surface area contributed by atoms with Crippen molar-refractivity contribution in [2.45, 2.75) is 12.6 Å². The van der Waals surface area contributed by atoms with Crippen LogP contribution in [-0.2, 0) is 0 Å². The predicted molar refractivity (Wildman–Crippen MR) is 52.1 cm³/mol. The molecule has 1 N–H and O–H groups in total. The second kappa shape index (κ2) is 4.19. The number of rotatable bonds is 3. The summed E-state index contributed by atoms with van der Waals surface area (Å²) in [5.74, 6) is -0.455. The quantitative estimate of drug-likeness (QED) is 0.847. The molecule has 2 aromatic heterocycles. The topological polar surface area (TPSA) is 42.2 Å². The van der Waals surface area contributed by atoms with E-state index in [1.807, 2.05) is 0 Å². The Labute approximate surface area is 93.3 Å². The van der Waals surface area contributed by atoms with E-state index in [2.05, 4.69) is 15.4 Å². The smallest absolute Gasteiger partial charge is 0.353 e. The average Bonchev–Trinajstić information content (AvgIpc) is 2.57. The van der Waals surface area contributed by atoms with Gasteiger partial charge in [-0.1, -0.05) is 0 Å². The van der Waals surface area contributed by atoms with Crippen LogP contribution in [0.4, 0.5) is 23.5 Å². The average molecular weight is 248 g/mol. The molecule has 0 spiro atoms. The lowest BCUT2D eigenvalue weighted by atomic mass is 10.4. The molecule has 4 nitrogen and oxygen atoms in total. The van der Waals surface area contributed by atoms with Crippen LogP contribution in [0.2, 0.25) is 0 Å². The van der Waals surface area contributed by atoms with Crippen LogP contribution in [0.5, 0.6) is 0 Å². The van der Waals surface area contributed by atoms with Crippen LogP contribution in [0.15, 0.2) is 18.3 Å². The number of alkyl halides is 3. The molecule has 0 bridgehead atoms. The van der Waals surface area contributed by atoms with E-state index < -0.39 is 18.4 Å². The van der Waals surface area contributed by atoms with Gasteiger partial charge >= 0.3 is 6.18 Å². The van der Waals surface area contributed by atoms with Gasteiger partial charge in [-0.2, -0.15) is 18.2 Å². The predicted octanol–water partition coefficient (Wildman–Crippen LogP) is 2.23. The van der Waals surface area contributed by atoms with E-state index >= 15 is 0 Å². The zero-order chi connectivity index (χ0) is 12.5. The lowest BCUT2D eigenvalue weighted by Crippen LogP contribution is -2.15. The number of hydrogen-bond acceptors (Lipinski definition) is 3. The Hall–Kier alpha value is -1.86. The number of aromatic nitrogens is 3. The standard InChI is InChI=1S/C9H8F4N4/c10-6-1-2-7-15-8(16-17(7)5-6)14-4-3-9(11,12)13/h1-2,5H,3-4H2,(H,14,16). The summed E-state index contributed by atoms with van der Waals surface area (Å²) in [5, 5.41) is 6.20. The molecule has 0 aliphatic carbocycles. The maximum absolute atomic E-state index is 12.8.